The minimum atomic E-state index is -0.360. The number of aromatic hydroxyl groups is 1. The van der Waals surface area contributed by atoms with Gasteiger partial charge in [0.1, 0.15) is 11.5 Å². The first-order valence-electron chi connectivity index (χ1n) is 10.4. The van der Waals surface area contributed by atoms with E-state index >= 15 is 0 Å². The Morgan fingerprint density at radius 1 is 1.13 bits per heavy atom. The van der Waals surface area contributed by atoms with Crippen LogP contribution in [0.5, 0.6) is 11.6 Å². The van der Waals surface area contributed by atoms with Gasteiger partial charge in [-0.05, 0) is 31.9 Å². The zero-order chi connectivity index (χ0) is 20.8. The Morgan fingerprint density at radius 2 is 1.93 bits per heavy atom. The molecule has 1 N–H and O–H groups in total. The predicted octanol–water partition coefficient (Wildman–Crippen LogP) is 4.79. The number of hydrogen-bond donors (Lipinski definition) is 1. The highest BCUT2D eigenvalue weighted by molar-refractivity contribution is 5.99. The Kier molecular flexibility index (Phi) is 4.46. The van der Waals surface area contributed by atoms with Gasteiger partial charge in [0, 0.05) is 29.5 Å². The zero-order valence-corrected chi connectivity index (χ0v) is 17.2. The number of benzene rings is 2. The minimum absolute atomic E-state index is 0.100. The summed E-state index contributed by atoms with van der Waals surface area (Å²) in [5, 5.41) is 15.5. The number of aryl methyl sites for hydroxylation is 2. The van der Waals surface area contributed by atoms with Gasteiger partial charge in [-0.2, -0.15) is 5.10 Å². The van der Waals surface area contributed by atoms with Gasteiger partial charge >= 0.3 is 0 Å². The van der Waals surface area contributed by atoms with Crippen LogP contribution in [0.1, 0.15) is 53.1 Å². The number of nitrogens with zero attached hydrogens (tertiary/aromatic N) is 2. The van der Waals surface area contributed by atoms with Crippen molar-refractivity contribution in [3.8, 4) is 11.6 Å². The van der Waals surface area contributed by atoms with Crippen LogP contribution in [-0.2, 0) is 11.3 Å². The van der Waals surface area contributed by atoms with Crippen LogP contribution in [0, 0.1) is 13.8 Å². The van der Waals surface area contributed by atoms with E-state index in [1.807, 2.05) is 48.9 Å². The first-order chi connectivity index (χ1) is 14.5. The second kappa shape index (κ2) is 7.17. The van der Waals surface area contributed by atoms with Gasteiger partial charge in [-0.1, -0.05) is 48.0 Å². The average molecular weight is 400 g/mol. The number of phenols is 1. The van der Waals surface area contributed by atoms with Crippen LogP contribution in [-0.4, -0.2) is 20.7 Å². The van der Waals surface area contributed by atoms with Crippen LogP contribution in [0.15, 0.2) is 59.9 Å². The van der Waals surface area contributed by atoms with Crippen molar-refractivity contribution in [2.75, 3.05) is 0 Å². The van der Waals surface area contributed by atoms with Gasteiger partial charge in [-0.15, -0.1) is 0 Å². The van der Waals surface area contributed by atoms with Crippen LogP contribution in [0.3, 0.4) is 0 Å². The number of Topliss-reactive ketones (excluding diaryl/α,β-unsaturated/α-hetero) is 1. The maximum Gasteiger partial charge on any atom is 0.222 e. The molecular formula is C25H24N2O3. The fourth-order valence-electron chi connectivity index (χ4n) is 4.62. The van der Waals surface area contributed by atoms with Crippen molar-refractivity contribution in [2.45, 2.75) is 45.6 Å². The SMILES string of the molecule is Cc1ccc(O)c(C2C3=C(CCCC3=O)Oc3c2c(C)nn3Cc2ccccc2)c1. The van der Waals surface area contributed by atoms with Crippen LogP contribution in [0.2, 0.25) is 0 Å². The molecule has 30 heavy (non-hydrogen) atoms. The molecule has 5 nitrogen and oxygen atoms in total. The maximum absolute atomic E-state index is 13.0. The average Bonchev–Trinajstić information content (AvgIpc) is 3.04. The molecule has 1 aliphatic carbocycles. The normalized spacial score (nSPS) is 18.1. The summed E-state index contributed by atoms with van der Waals surface area (Å²) >= 11 is 0. The van der Waals surface area contributed by atoms with Gasteiger partial charge in [0.2, 0.25) is 5.88 Å². The third kappa shape index (κ3) is 3.02. The molecule has 0 bridgehead atoms. The Hall–Kier alpha value is -3.34. The molecule has 0 saturated heterocycles. The Bertz CT molecular complexity index is 1170. The highest BCUT2D eigenvalue weighted by Crippen LogP contribution is 2.49. The third-order valence-corrected chi connectivity index (χ3v) is 6.00. The van der Waals surface area contributed by atoms with Gasteiger partial charge in [0.25, 0.3) is 0 Å². The van der Waals surface area contributed by atoms with Gasteiger partial charge in [-0.25, -0.2) is 4.68 Å². The lowest BCUT2D eigenvalue weighted by atomic mass is 9.77. The summed E-state index contributed by atoms with van der Waals surface area (Å²) in [7, 11) is 0. The summed E-state index contributed by atoms with van der Waals surface area (Å²) in [5.74, 6) is 1.33. The summed E-state index contributed by atoms with van der Waals surface area (Å²) in [6.07, 6.45) is 2.02. The number of carbonyl (C=O) groups is 1. The molecule has 1 aromatic heterocycles. The molecule has 1 aliphatic heterocycles. The molecule has 0 amide bonds. The second-order valence-electron chi connectivity index (χ2n) is 8.16. The Labute approximate surface area is 175 Å². The Morgan fingerprint density at radius 3 is 2.73 bits per heavy atom. The molecule has 5 rings (SSSR count). The van der Waals surface area contributed by atoms with Crippen molar-refractivity contribution >= 4 is 5.78 Å². The summed E-state index contributed by atoms with van der Waals surface area (Å²) in [4.78, 5) is 13.0. The van der Waals surface area contributed by atoms with Crippen molar-refractivity contribution in [3.63, 3.8) is 0 Å². The van der Waals surface area contributed by atoms with Crippen molar-refractivity contribution in [2.24, 2.45) is 0 Å². The molecule has 2 aliphatic rings. The molecule has 1 unspecified atom stereocenters. The molecule has 0 fully saturated rings. The summed E-state index contributed by atoms with van der Waals surface area (Å²) < 4.78 is 8.21. The lowest BCUT2D eigenvalue weighted by Gasteiger charge is -2.32. The van der Waals surface area contributed by atoms with E-state index in [-0.39, 0.29) is 17.5 Å². The lowest BCUT2D eigenvalue weighted by Crippen LogP contribution is -2.26. The molecule has 5 heteroatoms. The summed E-state index contributed by atoms with van der Waals surface area (Å²) in [6.45, 7) is 4.52. The van der Waals surface area contributed by atoms with E-state index in [9.17, 15) is 9.90 Å². The fraction of sp³-hybridized carbons (Fsp3) is 0.280. The number of fused-ring (bicyclic) bond motifs is 1. The summed E-state index contributed by atoms with van der Waals surface area (Å²) in [5.41, 5.74) is 5.27. The molecule has 3 aromatic rings. The highest BCUT2D eigenvalue weighted by atomic mass is 16.5. The Balaban J connectivity index is 1.71. The lowest BCUT2D eigenvalue weighted by molar-refractivity contribution is -0.116. The van der Waals surface area contributed by atoms with E-state index in [0.29, 0.717) is 24.4 Å². The van der Waals surface area contributed by atoms with Crippen molar-refractivity contribution in [3.05, 3.63) is 87.8 Å². The smallest absolute Gasteiger partial charge is 0.222 e. The number of aromatic nitrogens is 2. The standard InChI is InChI=1S/C25H24N2O3/c1-15-11-12-19(28)18(13-15)23-22-16(2)26-27(14-17-7-4-3-5-8-17)25(22)30-21-10-6-9-20(29)24(21)23/h3-5,7-8,11-13,23,28H,6,9-10,14H2,1-2H3. The zero-order valence-electron chi connectivity index (χ0n) is 17.2. The number of rotatable bonds is 3. The van der Waals surface area contributed by atoms with E-state index in [1.165, 1.54) is 0 Å². The van der Waals surface area contributed by atoms with E-state index in [2.05, 4.69) is 12.1 Å². The largest absolute Gasteiger partial charge is 0.508 e. The van der Waals surface area contributed by atoms with Gasteiger partial charge < -0.3 is 9.84 Å². The predicted molar refractivity (Wildman–Crippen MR) is 114 cm³/mol. The van der Waals surface area contributed by atoms with E-state index < -0.39 is 0 Å². The maximum atomic E-state index is 13.0. The van der Waals surface area contributed by atoms with Crippen molar-refractivity contribution < 1.29 is 14.6 Å². The van der Waals surface area contributed by atoms with Crippen LogP contribution >= 0.6 is 0 Å². The van der Waals surface area contributed by atoms with Crippen LogP contribution in [0.4, 0.5) is 0 Å². The molecule has 0 radical (unpaired) electrons. The number of phenolic OH excluding ortho intramolecular Hbond substituents is 1. The second-order valence-corrected chi connectivity index (χ2v) is 8.16. The number of ether oxygens (including phenoxy) is 1. The summed E-state index contributed by atoms with van der Waals surface area (Å²) in [6, 6.07) is 15.7. The molecule has 0 saturated carbocycles. The fourth-order valence-corrected chi connectivity index (χ4v) is 4.62. The van der Waals surface area contributed by atoms with Crippen molar-refractivity contribution in [1.82, 2.24) is 9.78 Å². The molecular weight excluding hydrogens is 376 g/mol. The van der Waals surface area contributed by atoms with Crippen molar-refractivity contribution in [1.29, 1.82) is 0 Å². The number of ketones is 1. The van der Waals surface area contributed by atoms with Gasteiger partial charge in [0.05, 0.1) is 18.2 Å². The minimum Gasteiger partial charge on any atom is -0.508 e. The topological polar surface area (TPSA) is 64.3 Å². The first-order valence-corrected chi connectivity index (χ1v) is 10.4. The van der Waals surface area contributed by atoms with E-state index in [1.54, 1.807) is 6.07 Å². The molecule has 2 aromatic carbocycles. The molecule has 1 atom stereocenters. The number of allylic oxidation sites excluding steroid dienone is 2. The quantitative estimate of drug-likeness (QED) is 0.687. The number of carbonyl (C=O) groups excluding carboxylic acids is 1. The van der Waals surface area contributed by atoms with Crippen LogP contribution < -0.4 is 4.74 Å². The highest BCUT2D eigenvalue weighted by Gasteiger charge is 2.41. The number of hydrogen-bond acceptors (Lipinski definition) is 4. The van der Waals surface area contributed by atoms with E-state index in [4.69, 9.17) is 9.84 Å². The van der Waals surface area contributed by atoms with Gasteiger partial charge in [0.15, 0.2) is 5.78 Å². The van der Waals surface area contributed by atoms with Gasteiger partial charge in [-0.3, -0.25) is 4.79 Å². The van der Waals surface area contributed by atoms with E-state index in [0.717, 1.165) is 46.5 Å². The molecule has 2 heterocycles. The molecule has 0 spiro atoms. The monoisotopic (exact) mass is 400 g/mol. The first kappa shape index (κ1) is 18.7. The van der Waals surface area contributed by atoms with Crippen LogP contribution in [0.25, 0.3) is 0 Å². The third-order valence-electron chi connectivity index (χ3n) is 6.00. The molecule has 152 valence electrons.